The van der Waals surface area contributed by atoms with Crippen LogP contribution < -0.4 is 5.73 Å². The molecule has 1 aliphatic heterocycles. The van der Waals surface area contributed by atoms with E-state index < -0.39 is 23.2 Å². The van der Waals surface area contributed by atoms with E-state index >= 15 is 0 Å². The van der Waals surface area contributed by atoms with E-state index in [9.17, 15) is 18.4 Å². The second-order valence-electron chi connectivity index (χ2n) is 2.99. The van der Waals surface area contributed by atoms with Crippen molar-refractivity contribution in [2.24, 2.45) is 0 Å². The van der Waals surface area contributed by atoms with E-state index in [0.29, 0.717) is 5.69 Å². The zero-order valence-electron chi connectivity index (χ0n) is 7.71. The number of carbonyl (C=O) groups excluding carboxylic acids is 2. The van der Waals surface area contributed by atoms with Gasteiger partial charge in [0.15, 0.2) is 0 Å². The number of hydroxylamine groups is 2. The van der Waals surface area contributed by atoms with Gasteiger partial charge in [-0.05, 0) is 18.2 Å². The molecule has 2 rings (SSSR count). The molecule has 0 radical (unpaired) electrons. The molecule has 1 aromatic carbocycles. The van der Waals surface area contributed by atoms with Crippen molar-refractivity contribution in [1.29, 1.82) is 0 Å². The molecular weight excluding hydrogens is 236 g/mol. The molecule has 1 unspecified atom stereocenters. The number of hydrogen-bond donors (Lipinski definition) is 1. The van der Waals surface area contributed by atoms with Crippen LogP contribution in [0.15, 0.2) is 18.2 Å². The Morgan fingerprint density at radius 2 is 1.88 bits per heavy atom. The topological polar surface area (TPSA) is 113 Å². The number of nitrogens with zero attached hydrogens (tertiary/aromatic N) is 1. The van der Waals surface area contributed by atoms with E-state index in [0.717, 1.165) is 0 Å². The maximum Gasteiger partial charge on any atom is 0.286 e. The molecule has 0 saturated heterocycles. The number of nitrogen functional groups attached to an aromatic ring is 1. The molecular formula is C8H5N2O5S-. The molecule has 2 N–H and O–H groups in total. The van der Waals surface area contributed by atoms with Gasteiger partial charge in [-0.3, -0.25) is 9.59 Å². The van der Waals surface area contributed by atoms with Crippen LogP contribution in [0.5, 0.6) is 0 Å². The molecule has 0 fully saturated rings. The molecule has 0 saturated carbocycles. The lowest BCUT2D eigenvalue weighted by Crippen LogP contribution is -2.30. The number of anilines is 1. The number of benzene rings is 1. The Morgan fingerprint density at radius 3 is 2.50 bits per heavy atom. The Kier molecular flexibility index (Phi) is 2.46. The summed E-state index contributed by atoms with van der Waals surface area (Å²) in [5.41, 5.74) is 5.82. The molecule has 0 aliphatic carbocycles. The van der Waals surface area contributed by atoms with Crippen molar-refractivity contribution in [3.8, 4) is 0 Å². The van der Waals surface area contributed by atoms with Gasteiger partial charge in [0.1, 0.15) is 11.4 Å². The summed E-state index contributed by atoms with van der Waals surface area (Å²) >= 11 is -2.99. The van der Waals surface area contributed by atoms with Crippen LogP contribution >= 0.6 is 0 Å². The minimum absolute atomic E-state index is 0.0236. The molecule has 84 valence electrons. The Bertz CT molecular complexity index is 515. The summed E-state index contributed by atoms with van der Waals surface area (Å²) in [7, 11) is 0. The normalized spacial score (nSPS) is 16.4. The molecule has 16 heavy (non-hydrogen) atoms. The first-order valence-electron chi connectivity index (χ1n) is 4.06. The van der Waals surface area contributed by atoms with Crippen LogP contribution in [0, 0.1) is 0 Å². The van der Waals surface area contributed by atoms with Crippen molar-refractivity contribution in [3.05, 3.63) is 29.3 Å². The van der Waals surface area contributed by atoms with Crippen LogP contribution in [0.25, 0.3) is 0 Å². The standard InChI is InChI=1S/C8H6N2O5S/c9-4-1-2-5-6(3-4)8(12)10(7(5)11)15-16(13)14/h1-3H,9H2,(H,13,14)/p-1. The van der Waals surface area contributed by atoms with Crippen LogP contribution in [-0.2, 0) is 15.6 Å². The highest BCUT2D eigenvalue weighted by molar-refractivity contribution is 7.74. The molecule has 7 nitrogen and oxygen atoms in total. The molecule has 0 aromatic heterocycles. The van der Waals surface area contributed by atoms with Gasteiger partial charge in [-0.1, -0.05) is 0 Å². The Labute approximate surface area is 92.2 Å². The number of rotatable bonds is 2. The van der Waals surface area contributed by atoms with Crippen molar-refractivity contribution in [3.63, 3.8) is 0 Å². The van der Waals surface area contributed by atoms with Gasteiger partial charge in [0.25, 0.3) is 11.8 Å². The Morgan fingerprint density at radius 1 is 1.25 bits per heavy atom. The highest BCUT2D eigenvalue weighted by atomic mass is 32.2. The van der Waals surface area contributed by atoms with Gasteiger partial charge in [-0.2, -0.15) is 4.28 Å². The SMILES string of the molecule is Nc1ccc2c(c1)C(=O)N(OS(=O)[O-])C2=O. The smallest absolute Gasteiger partial charge is 0.286 e. The van der Waals surface area contributed by atoms with E-state index in [2.05, 4.69) is 4.28 Å². The first-order chi connectivity index (χ1) is 7.50. The largest absolute Gasteiger partial charge is 0.748 e. The lowest BCUT2D eigenvalue weighted by Gasteiger charge is -2.13. The fourth-order valence-electron chi connectivity index (χ4n) is 1.36. The quantitative estimate of drug-likeness (QED) is 0.428. The monoisotopic (exact) mass is 241 g/mol. The zero-order valence-corrected chi connectivity index (χ0v) is 8.52. The van der Waals surface area contributed by atoms with Crippen LogP contribution in [0.3, 0.4) is 0 Å². The first kappa shape index (κ1) is 10.7. The fraction of sp³-hybridized carbons (Fsp3) is 0. The summed E-state index contributed by atoms with van der Waals surface area (Å²) in [5.74, 6) is -1.68. The fourth-order valence-corrected chi connectivity index (χ4v) is 1.62. The molecule has 1 aromatic rings. The van der Waals surface area contributed by atoms with Crippen LogP contribution in [-0.4, -0.2) is 25.6 Å². The van der Waals surface area contributed by atoms with Gasteiger partial charge in [-0.25, -0.2) is 4.21 Å². The number of amides is 2. The minimum Gasteiger partial charge on any atom is -0.748 e. The van der Waals surface area contributed by atoms with E-state index in [1.54, 1.807) is 0 Å². The summed E-state index contributed by atoms with van der Waals surface area (Å²) in [6, 6.07) is 4.05. The highest BCUT2D eigenvalue weighted by Crippen LogP contribution is 2.25. The lowest BCUT2D eigenvalue weighted by molar-refractivity contribution is -0.0118. The Balaban J connectivity index is 2.44. The predicted molar refractivity (Wildman–Crippen MR) is 51.4 cm³/mol. The van der Waals surface area contributed by atoms with Crippen molar-refractivity contribution < 1.29 is 22.6 Å². The number of nitrogens with two attached hydrogens (primary N) is 1. The third kappa shape index (κ3) is 1.58. The second-order valence-corrected chi connectivity index (χ2v) is 3.55. The molecule has 8 heteroatoms. The molecule has 1 atom stereocenters. The van der Waals surface area contributed by atoms with Gasteiger partial charge in [0, 0.05) is 5.69 Å². The first-order valence-corrected chi connectivity index (χ1v) is 5.06. The molecule has 2 amide bonds. The van der Waals surface area contributed by atoms with Crippen LogP contribution in [0.4, 0.5) is 5.69 Å². The highest BCUT2D eigenvalue weighted by Gasteiger charge is 2.37. The maximum atomic E-state index is 11.5. The number of fused-ring (bicyclic) bond motifs is 1. The van der Waals surface area contributed by atoms with Crippen LogP contribution in [0.2, 0.25) is 0 Å². The second kappa shape index (κ2) is 3.67. The van der Waals surface area contributed by atoms with E-state index in [1.807, 2.05) is 0 Å². The molecule has 1 aliphatic rings. The average Bonchev–Trinajstić information content (AvgIpc) is 2.43. The van der Waals surface area contributed by atoms with Crippen molar-refractivity contribution in [2.75, 3.05) is 5.73 Å². The minimum atomic E-state index is -2.99. The predicted octanol–water partition coefficient (Wildman–Crippen LogP) is -0.409. The van der Waals surface area contributed by atoms with Crippen molar-refractivity contribution in [2.45, 2.75) is 0 Å². The summed E-state index contributed by atoms with van der Waals surface area (Å²) in [6.07, 6.45) is 0. The van der Waals surface area contributed by atoms with E-state index in [1.165, 1.54) is 18.2 Å². The van der Waals surface area contributed by atoms with Gasteiger partial charge >= 0.3 is 0 Å². The summed E-state index contributed by atoms with van der Waals surface area (Å²) in [4.78, 5) is 23.1. The number of imide groups is 1. The van der Waals surface area contributed by atoms with E-state index in [4.69, 9.17) is 5.73 Å². The van der Waals surface area contributed by atoms with Gasteiger partial charge in [-0.15, -0.1) is 5.06 Å². The Hall–Kier alpha value is -1.77. The lowest BCUT2D eigenvalue weighted by atomic mass is 10.1. The zero-order chi connectivity index (χ0) is 11.9. The maximum absolute atomic E-state index is 11.5. The molecule has 1 heterocycles. The molecule has 0 bridgehead atoms. The van der Waals surface area contributed by atoms with Gasteiger partial charge in [0.2, 0.25) is 0 Å². The summed E-state index contributed by atoms with van der Waals surface area (Å²) in [5, 5.41) is 0.174. The van der Waals surface area contributed by atoms with Crippen molar-refractivity contribution in [1.82, 2.24) is 5.06 Å². The van der Waals surface area contributed by atoms with Gasteiger partial charge in [0.05, 0.1) is 11.1 Å². The number of carbonyl (C=O) groups is 2. The number of hydrogen-bond acceptors (Lipinski definition) is 6. The summed E-state index contributed by atoms with van der Waals surface area (Å²) in [6.45, 7) is 0. The summed E-state index contributed by atoms with van der Waals surface area (Å²) < 4.78 is 24.6. The average molecular weight is 241 g/mol. The third-order valence-corrected chi connectivity index (χ3v) is 2.28. The van der Waals surface area contributed by atoms with Crippen LogP contribution in [0.1, 0.15) is 20.7 Å². The van der Waals surface area contributed by atoms with E-state index in [-0.39, 0.29) is 16.2 Å². The van der Waals surface area contributed by atoms with Crippen molar-refractivity contribution >= 4 is 28.9 Å². The molecule has 0 spiro atoms. The van der Waals surface area contributed by atoms with Gasteiger partial charge < -0.3 is 10.3 Å². The third-order valence-electron chi connectivity index (χ3n) is 2.01.